The number of piperazine rings is 1. The number of aromatic nitrogens is 3. The molecule has 1 unspecified atom stereocenters. The molecule has 0 spiro atoms. The summed E-state index contributed by atoms with van der Waals surface area (Å²) in [6.07, 6.45) is 2.71. The van der Waals surface area contributed by atoms with Gasteiger partial charge in [-0.3, -0.25) is 0 Å². The van der Waals surface area contributed by atoms with Gasteiger partial charge < -0.3 is 10.2 Å². The summed E-state index contributed by atoms with van der Waals surface area (Å²) in [5, 5.41) is 8.57. The lowest BCUT2D eigenvalue weighted by molar-refractivity contribution is 0.197. The topological polar surface area (TPSA) is 45.5 Å². The summed E-state index contributed by atoms with van der Waals surface area (Å²) >= 11 is 5.94. The van der Waals surface area contributed by atoms with Crippen molar-refractivity contribution in [2.24, 2.45) is 0 Å². The molecule has 0 aromatic carbocycles. The number of hydrogen-bond donors (Lipinski definition) is 1. The van der Waals surface area contributed by atoms with Crippen molar-refractivity contribution in [3.05, 3.63) is 29.2 Å². The van der Waals surface area contributed by atoms with E-state index in [2.05, 4.69) is 27.3 Å². The fraction of sp³-hybridized carbons (Fsp3) is 0.500. The summed E-state index contributed by atoms with van der Waals surface area (Å²) in [7, 11) is 2.15. The van der Waals surface area contributed by atoms with E-state index in [1.165, 1.54) is 0 Å². The Hall–Kier alpha value is -1.17. The first kappa shape index (κ1) is 11.9. The van der Waals surface area contributed by atoms with Crippen LogP contribution in [0.4, 0.5) is 0 Å². The van der Waals surface area contributed by atoms with Crippen LogP contribution in [0, 0.1) is 0 Å². The number of pyridine rings is 1. The van der Waals surface area contributed by atoms with Crippen molar-refractivity contribution in [3.8, 4) is 0 Å². The summed E-state index contributed by atoms with van der Waals surface area (Å²) in [5.74, 6) is 0.873. The highest BCUT2D eigenvalue weighted by molar-refractivity contribution is 6.30. The molecule has 1 fully saturated rings. The Bertz CT molecular complexity index is 552. The van der Waals surface area contributed by atoms with E-state index >= 15 is 0 Å². The quantitative estimate of drug-likeness (QED) is 0.874. The second-order valence-electron chi connectivity index (χ2n) is 4.72. The second kappa shape index (κ2) is 4.84. The van der Waals surface area contributed by atoms with Crippen molar-refractivity contribution in [2.45, 2.75) is 12.5 Å². The normalized spacial score (nSPS) is 21.6. The van der Waals surface area contributed by atoms with Crippen LogP contribution in [-0.2, 0) is 6.42 Å². The third-order valence-electron chi connectivity index (χ3n) is 3.41. The molecular formula is C12H16ClN5. The Balaban J connectivity index is 1.81. The van der Waals surface area contributed by atoms with Gasteiger partial charge >= 0.3 is 0 Å². The van der Waals surface area contributed by atoms with E-state index in [9.17, 15) is 0 Å². The van der Waals surface area contributed by atoms with Crippen molar-refractivity contribution in [3.63, 3.8) is 0 Å². The zero-order chi connectivity index (χ0) is 12.5. The molecular weight excluding hydrogens is 250 g/mol. The Morgan fingerprint density at radius 3 is 3.28 bits per heavy atom. The lowest BCUT2D eigenvalue weighted by Gasteiger charge is -2.32. The maximum Gasteiger partial charge on any atom is 0.157 e. The van der Waals surface area contributed by atoms with Gasteiger partial charge in [-0.25, -0.2) is 9.50 Å². The summed E-state index contributed by atoms with van der Waals surface area (Å²) in [6, 6.07) is 4.12. The summed E-state index contributed by atoms with van der Waals surface area (Å²) in [4.78, 5) is 6.87. The van der Waals surface area contributed by atoms with Crippen molar-refractivity contribution in [1.29, 1.82) is 0 Å². The third kappa shape index (κ3) is 2.34. The highest BCUT2D eigenvalue weighted by Gasteiger charge is 2.20. The Labute approximate surface area is 111 Å². The maximum absolute atomic E-state index is 5.94. The fourth-order valence-corrected chi connectivity index (χ4v) is 2.44. The predicted octanol–water partition coefficient (Wildman–Crippen LogP) is 0.829. The lowest BCUT2D eigenvalue weighted by Crippen LogP contribution is -2.50. The molecule has 1 aliphatic heterocycles. The molecule has 5 nitrogen and oxygen atoms in total. The van der Waals surface area contributed by atoms with Crippen LogP contribution in [0.3, 0.4) is 0 Å². The maximum atomic E-state index is 5.94. The van der Waals surface area contributed by atoms with Gasteiger partial charge in [-0.15, -0.1) is 0 Å². The number of halogens is 1. The highest BCUT2D eigenvalue weighted by atomic mass is 35.5. The molecule has 96 valence electrons. The SMILES string of the molecule is CN1CCNCC1Cc1nc2cc(Cl)ccn2n1. The molecule has 1 atom stereocenters. The largest absolute Gasteiger partial charge is 0.314 e. The van der Waals surface area contributed by atoms with E-state index in [4.69, 9.17) is 11.6 Å². The first-order chi connectivity index (χ1) is 8.72. The molecule has 0 radical (unpaired) electrons. The van der Waals surface area contributed by atoms with Crippen molar-refractivity contribution in [1.82, 2.24) is 24.8 Å². The Kier molecular flexibility index (Phi) is 3.20. The van der Waals surface area contributed by atoms with Crippen molar-refractivity contribution in [2.75, 3.05) is 26.7 Å². The van der Waals surface area contributed by atoms with Crippen LogP contribution in [-0.4, -0.2) is 52.2 Å². The standard InChI is InChI=1S/C12H16ClN5/c1-17-5-3-14-8-10(17)7-11-15-12-6-9(13)2-4-18(12)16-11/h2,4,6,10,14H,3,5,7-8H2,1H3. The van der Waals surface area contributed by atoms with E-state index in [-0.39, 0.29) is 0 Å². The van der Waals surface area contributed by atoms with Crippen LogP contribution in [0.15, 0.2) is 18.3 Å². The van der Waals surface area contributed by atoms with Gasteiger partial charge in [0.05, 0.1) is 0 Å². The van der Waals surface area contributed by atoms with Crippen LogP contribution in [0.2, 0.25) is 5.02 Å². The molecule has 0 amide bonds. The van der Waals surface area contributed by atoms with Crippen LogP contribution < -0.4 is 5.32 Å². The van der Waals surface area contributed by atoms with E-state index < -0.39 is 0 Å². The lowest BCUT2D eigenvalue weighted by atomic mass is 10.1. The van der Waals surface area contributed by atoms with Crippen molar-refractivity contribution >= 4 is 17.2 Å². The van der Waals surface area contributed by atoms with Crippen molar-refractivity contribution < 1.29 is 0 Å². The molecule has 18 heavy (non-hydrogen) atoms. The minimum absolute atomic E-state index is 0.464. The molecule has 0 saturated carbocycles. The zero-order valence-corrected chi connectivity index (χ0v) is 11.1. The molecule has 1 aliphatic rings. The minimum Gasteiger partial charge on any atom is -0.314 e. The average Bonchev–Trinajstić information content (AvgIpc) is 2.73. The van der Waals surface area contributed by atoms with Gasteiger partial charge in [0.2, 0.25) is 0 Å². The molecule has 1 saturated heterocycles. The number of likely N-dealkylation sites (N-methyl/N-ethyl adjacent to an activating group) is 1. The van der Waals surface area contributed by atoms with Gasteiger partial charge in [-0.2, -0.15) is 5.10 Å². The first-order valence-corrected chi connectivity index (χ1v) is 6.52. The number of fused-ring (bicyclic) bond motifs is 1. The van der Waals surface area contributed by atoms with E-state index in [0.29, 0.717) is 11.1 Å². The summed E-state index contributed by atoms with van der Waals surface area (Å²) < 4.78 is 1.78. The van der Waals surface area contributed by atoms with Crippen LogP contribution in [0.1, 0.15) is 5.82 Å². The van der Waals surface area contributed by atoms with Gasteiger partial charge in [0.1, 0.15) is 0 Å². The fourth-order valence-electron chi connectivity index (χ4n) is 2.29. The summed E-state index contributed by atoms with van der Waals surface area (Å²) in [5.41, 5.74) is 0.809. The first-order valence-electron chi connectivity index (χ1n) is 6.14. The summed E-state index contributed by atoms with van der Waals surface area (Å²) in [6.45, 7) is 3.12. The molecule has 0 bridgehead atoms. The van der Waals surface area contributed by atoms with Crippen LogP contribution >= 0.6 is 11.6 Å². The third-order valence-corrected chi connectivity index (χ3v) is 3.64. The van der Waals surface area contributed by atoms with Gasteiger partial charge in [0.15, 0.2) is 11.5 Å². The number of rotatable bonds is 2. The smallest absolute Gasteiger partial charge is 0.157 e. The molecule has 1 N–H and O–H groups in total. The average molecular weight is 266 g/mol. The van der Waals surface area contributed by atoms with Gasteiger partial charge in [-0.1, -0.05) is 11.6 Å². The number of nitrogens with zero attached hydrogens (tertiary/aromatic N) is 4. The van der Waals surface area contributed by atoms with Gasteiger partial charge in [0, 0.05) is 49.4 Å². The molecule has 0 aliphatic carbocycles. The Morgan fingerprint density at radius 1 is 1.56 bits per heavy atom. The minimum atomic E-state index is 0.464. The monoisotopic (exact) mass is 265 g/mol. The Morgan fingerprint density at radius 2 is 2.44 bits per heavy atom. The zero-order valence-electron chi connectivity index (χ0n) is 10.3. The van der Waals surface area contributed by atoms with E-state index in [1.54, 1.807) is 4.52 Å². The second-order valence-corrected chi connectivity index (χ2v) is 5.15. The predicted molar refractivity (Wildman–Crippen MR) is 71.0 cm³/mol. The van der Waals surface area contributed by atoms with Crippen LogP contribution in [0.25, 0.3) is 5.65 Å². The molecule has 3 heterocycles. The molecule has 3 rings (SSSR count). The number of hydrogen-bond acceptors (Lipinski definition) is 4. The van der Waals surface area contributed by atoms with E-state index in [0.717, 1.165) is 37.5 Å². The highest BCUT2D eigenvalue weighted by Crippen LogP contribution is 2.12. The molecule has 6 heteroatoms. The van der Waals surface area contributed by atoms with E-state index in [1.807, 2.05) is 18.3 Å². The van der Waals surface area contributed by atoms with Crippen LogP contribution in [0.5, 0.6) is 0 Å². The van der Waals surface area contributed by atoms with Gasteiger partial charge in [-0.05, 0) is 13.1 Å². The molecule has 2 aromatic heterocycles. The van der Waals surface area contributed by atoms with Gasteiger partial charge in [0.25, 0.3) is 0 Å². The molecule has 2 aromatic rings. The number of nitrogens with one attached hydrogen (secondary N) is 1.